The molecule has 5 nitrogen and oxygen atoms in total. The number of benzene rings is 1. The molecule has 0 aliphatic heterocycles. The first-order valence-corrected chi connectivity index (χ1v) is 6.59. The van der Waals surface area contributed by atoms with Crippen LogP contribution in [0.5, 0.6) is 11.5 Å². The molecule has 0 aliphatic rings. The molecule has 1 aromatic carbocycles. The summed E-state index contributed by atoms with van der Waals surface area (Å²) in [6.07, 6.45) is 2.73. The minimum Gasteiger partial charge on any atom is -0.494 e. The highest BCUT2D eigenvalue weighted by Crippen LogP contribution is 2.18. The van der Waals surface area contributed by atoms with Crippen LogP contribution in [-0.2, 0) is 6.61 Å². The SMILES string of the molecule is CCCOc1ccc(OCc2ccc(NN)nc2)cc1. The molecule has 0 bridgehead atoms. The van der Waals surface area contributed by atoms with Gasteiger partial charge in [-0.25, -0.2) is 10.8 Å². The lowest BCUT2D eigenvalue weighted by Gasteiger charge is -2.08. The van der Waals surface area contributed by atoms with Gasteiger partial charge in [-0.05, 0) is 36.8 Å². The molecule has 0 unspecified atom stereocenters. The number of ether oxygens (including phenoxy) is 2. The normalized spacial score (nSPS) is 10.1. The number of aromatic nitrogens is 1. The summed E-state index contributed by atoms with van der Waals surface area (Å²) in [5.74, 6) is 7.55. The second kappa shape index (κ2) is 7.35. The maximum Gasteiger partial charge on any atom is 0.139 e. The molecule has 20 heavy (non-hydrogen) atoms. The van der Waals surface area contributed by atoms with Crippen LogP contribution in [0, 0.1) is 0 Å². The van der Waals surface area contributed by atoms with Crippen molar-refractivity contribution in [1.82, 2.24) is 4.98 Å². The Kier molecular flexibility index (Phi) is 5.20. The van der Waals surface area contributed by atoms with E-state index in [0.29, 0.717) is 12.4 Å². The molecular weight excluding hydrogens is 254 g/mol. The van der Waals surface area contributed by atoms with Crippen molar-refractivity contribution < 1.29 is 9.47 Å². The van der Waals surface area contributed by atoms with Gasteiger partial charge in [0.15, 0.2) is 0 Å². The minimum atomic E-state index is 0.465. The van der Waals surface area contributed by atoms with Crippen LogP contribution in [-0.4, -0.2) is 11.6 Å². The Hall–Kier alpha value is -2.27. The van der Waals surface area contributed by atoms with Gasteiger partial charge < -0.3 is 14.9 Å². The molecule has 1 heterocycles. The van der Waals surface area contributed by atoms with Crippen molar-refractivity contribution in [3.8, 4) is 11.5 Å². The monoisotopic (exact) mass is 273 g/mol. The van der Waals surface area contributed by atoms with Crippen molar-refractivity contribution in [2.45, 2.75) is 20.0 Å². The van der Waals surface area contributed by atoms with Gasteiger partial charge in [0.1, 0.15) is 23.9 Å². The first-order chi connectivity index (χ1) is 9.81. The topological polar surface area (TPSA) is 69.4 Å². The number of hydrogen-bond donors (Lipinski definition) is 2. The van der Waals surface area contributed by atoms with E-state index in [4.69, 9.17) is 15.3 Å². The van der Waals surface area contributed by atoms with Crippen LogP contribution in [0.2, 0.25) is 0 Å². The molecular formula is C15H19N3O2. The van der Waals surface area contributed by atoms with Crippen molar-refractivity contribution in [2.75, 3.05) is 12.0 Å². The number of hydrazine groups is 1. The average molecular weight is 273 g/mol. The largest absolute Gasteiger partial charge is 0.494 e. The Labute approximate surface area is 118 Å². The summed E-state index contributed by atoms with van der Waals surface area (Å²) < 4.78 is 11.2. The fraction of sp³-hybridized carbons (Fsp3) is 0.267. The van der Waals surface area contributed by atoms with Crippen molar-refractivity contribution in [1.29, 1.82) is 0 Å². The van der Waals surface area contributed by atoms with E-state index in [1.165, 1.54) is 0 Å². The average Bonchev–Trinajstić information content (AvgIpc) is 2.52. The summed E-state index contributed by atoms with van der Waals surface area (Å²) in [5, 5.41) is 0. The van der Waals surface area contributed by atoms with E-state index in [1.807, 2.05) is 30.3 Å². The highest BCUT2D eigenvalue weighted by molar-refractivity contribution is 5.34. The minimum absolute atomic E-state index is 0.465. The first-order valence-electron chi connectivity index (χ1n) is 6.59. The summed E-state index contributed by atoms with van der Waals surface area (Å²) in [7, 11) is 0. The van der Waals surface area contributed by atoms with E-state index in [9.17, 15) is 0 Å². The van der Waals surface area contributed by atoms with Crippen LogP contribution in [0.25, 0.3) is 0 Å². The van der Waals surface area contributed by atoms with Crippen LogP contribution in [0.4, 0.5) is 5.82 Å². The first kappa shape index (κ1) is 14.1. The predicted octanol–water partition coefficient (Wildman–Crippen LogP) is 2.74. The summed E-state index contributed by atoms with van der Waals surface area (Å²) >= 11 is 0. The third-order valence-corrected chi connectivity index (χ3v) is 2.67. The molecule has 0 saturated carbocycles. The van der Waals surface area contributed by atoms with Crippen LogP contribution in [0.1, 0.15) is 18.9 Å². The van der Waals surface area contributed by atoms with Crippen molar-refractivity contribution in [2.24, 2.45) is 5.84 Å². The van der Waals surface area contributed by atoms with E-state index in [2.05, 4.69) is 17.3 Å². The standard InChI is InChI=1S/C15H19N3O2/c1-2-9-19-13-4-6-14(7-5-13)20-11-12-3-8-15(18-16)17-10-12/h3-8,10H,2,9,11,16H2,1H3,(H,17,18). The molecule has 0 spiro atoms. The number of nitrogen functional groups attached to an aromatic ring is 1. The highest BCUT2D eigenvalue weighted by Gasteiger charge is 1.99. The molecule has 1 aromatic heterocycles. The number of nitrogens with one attached hydrogen (secondary N) is 1. The molecule has 0 radical (unpaired) electrons. The van der Waals surface area contributed by atoms with E-state index < -0.39 is 0 Å². The van der Waals surface area contributed by atoms with Crippen molar-refractivity contribution in [3.05, 3.63) is 48.2 Å². The third kappa shape index (κ3) is 4.13. The lowest BCUT2D eigenvalue weighted by atomic mass is 10.3. The van der Waals surface area contributed by atoms with Crippen LogP contribution in [0.15, 0.2) is 42.6 Å². The predicted molar refractivity (Wildman–Crippen MR) is 78.6 cm³/mol. The fourth-order valence-electron chi connectivity index (χ4n) is 1.61. The number of pyridine rings is 1. The molecule has 0 atom stereocenters. The molecule has 2 aromatic rings. The van der Waals surface area contributed by atoms with Gasteiger partial charge >= 0.3 is 0 Å². The van der Waals surface area contributed by atoms with Gasteiger partial charge in [0, 0.05) is 11.8 Å². The molecule has 106 valence electrons. The summed E-state index contributed by atoms with van der Waals surface area (Å²) in [6.45, 7) is 3.28. The van der Waals surface area contributed by atoms with Crippen LogP contribution in [0.3, 0.4) is 0 Å². The van der Waals surface area contributed by atoms with Gasteiger partial charge in [0.2, 0.25) is 0 Å². The van der Waals surface area contributed by atoms with Gasteiger partial charge in [-0.15, -0.1) is 0 Å². The Morgan fingerprint density at radius 2 is 1.75 bits per heavy atom. The molecule has 5 heteroatoms. The van der Waals surface area contributed by atoms with Crippen LogP contribution >= 0.6 is 0 Å². The Balaban J connectivity index is 1.86. The van der Waals surface area contributed by atoms with E-state index >= 15 is 0 Å². The lowest BCUT2D eigenvalue weighted by molar-refractivity contribution is 0.301. The zero-order valence-electron chi connectivity index (χ0n) is 11.5. The number of nitrogens with zero attached hydrogens (tertiary/aromatic N) is 1. The summed E-state index contributed by atoms with van der Waals surface area (Å²) in [4.78, 5) is 4.12. The molecule has 0 aliphatic carbocycles. The summed E-state index contributed by atoms with van der Waals surface area (Å²) in [6, 6.07) is 11.3. The Morgan fingerprint density at radius 3 is 2.30 bits per heavy atom. The third-order valence-electron chi connectivity index (χ3n) is 2.67. The van der Waals surface area contributed by atoms with Gasteiger partial charge in [0.25, 0.3) is 0 Å². The maximum atomic E-state index is 5.68. The van der Waals surface area contributed by atoms with Gasteiger partial charge in [-0.3, -0.25) is 0 Å². The van der Waals surface area contributed by atoms with Crippen molar-refractivity contribution >= 4 is 5.82 Å². The van der Waals surface area contributed by atoms with E-state index in [-0.39, 0.29) is 0 Å². The molecule has 0 saturated heterocycles. The van der Waals surface area contributed by atoms with E-state index in [0.717, 1.165) is 30.1 Å². The lowest BCUT2D eigenvalue weighted by Crippen LogP contribution is -2.08. The second-order valence-electron chi connectivity index (χ2n) is 4.30. The molecule has 2 rings (SSSR count). The van der Waals surface area contributed by atoms with Gasteiger partial charge in [-0.2, -0.15) is 0 Å². The van der Waals surface area contributed by atoms with Crippen LogP contribution < -0.4 is 20.7 Å². The number of nitrogens with two attached hydrogens (primary N) is 1. The van der Waals surface area contributed by atoms with Crippen molar-refractivity contribution in [3.63, 3.8) is 0 Å². The Morgan fingerprint density at radius 1 is 1.05 bits per heavy atom. The molecule has 0 amide bonds. The van der Waals surface area contributed by atoms with Gasteiger partial charge in [-0.1, -0.05) is 13.0 Å². The molecule has 0 fully saturated rings. The molecule has 3 N–H and O–H groups in total. The Bertz CT molecular complexity index is 512. The smallest absolute Gasteiger partial charge is 0.139 e. The number of rotatable bonds is 7. The summed E-state index contributed by atoms with van der Waals surface area (Å²) in [5.41, 5.74) is 3.47. The quantitative estimate of drug-likeness (QED) is 0.599. The highest BCUT2D eigenvalue weighted by atomic mass is 16.5. The zero-order valence-corrected chi connectivity index (χ0v) is 11.5. The maximum absolute atomic E-state index is 5.68. The number of hydrogen-bond acceptors (Lipinski definition) is 5. The van der Waals surface area contributed by atoms with Gasteiger partial charge in [0.05, 0.1) is 6.61 Å². The van der Waals surface area contributed by atoms with E-state index in [1.54, 1.807) is 12.3 Å². The second-order valence-corrected chi connectivity index (χ2v) is 4.30. The zero-order chi connectivity index (χ0) is 14.2. The fourth-order valence-corrected chi connectivity index (χ4v) is 1.61. The number of anilines is 1.